The molecule has 0 fully saturated rings. The summed E-state index contributed by atoms with van der Waals surface area (Å²) in [7, 11) is 0. The standard InChI is InChI=1S/C23H25FN2OS/c1-16(2)22(17-7-4-3-5-8-17)25-15-21(27)26-23(20-9-6-14-28-20)18-10-12-19(24)13-11-18/h3-14,16,22-23,25H,15H2,1-2H3,(H,26,27)/p+1/t22-,23+/m1/s1. The molecule has 1 aromatic heterocycles. The summed E-state index contributed by atoms with van der Waals surface area (Å²) in [5, 5.41) is 7.19. The molecule has 0 aliphatic heterocycles. The van der Waals surface area contributed by atoms with E-state index in [0.717, 1.165) is 10.4 Å². The lowest BCUT2D eigenvalue weighted by molar-refractivity contribution is -0.692. The predicted octanol–water partition coefficient (Wildman–Crippen LogP) is 4.05. The second-order valence-electron chi connectivity index (χ2n) is 7.19. The van der Waals surface area contributed by atoms with Gasteiger partial charge in [-0.25, -0.2) is 4.39 Å². The Morgan fingerprint density at radius 3 is 2.32 bits per heavy atom. The molecule has 0 spiro atoms. The van der Waals surface area contributed by atoms with Crippen LogP contribution in [-0.4, -0.2) is 12.5 Å². The largest absolute Gasteiger partial charge is 0.339 e. The average Bonchev–Trinajstić information content (AvgIpc) is 3.22. The summed E-state index contributed by atoms with van der Waals surface area (Å²) in [6.07, 6.45) is 0. The van der Waals surface area contributed by atoms with Crippen LogP contribution < -0.4 is 10.6 Å². The summed E-state index contributed by atoms with van der Waals surface area (Å²) < 4.78 is 13.3. The van der Waals surface area contributed by atoms with Crippen LogP contribution >= 0.6 is 11.3 Å². The number of carbonyl (C=O) groups excluding carboxylic acids is 1. The highest BCUT2D eigenvalue weighted by Gasteiger charge is 2.23. The monoisotopic (exact) mass is 397 g/mol. The summed E-state index contributed by atoms with van der Waals surface area (Å²) in [6, 6.07) is 20.5. The van der Waals surface area contributed by atoms with Crippen LogP contribution in [0, 0.1) is 11.7 Å². The Bertz CT molecular complexity index is 863. The lowest BCUT2D eigenvalue weighted by atomic mass is 9.96. The molecule has 0 saturated carbocycles. The van der Waals surface area contributed by atoms with Gasteiger partial charge in [0.25, 0.3) is 5.91 Å². The Kier molecular flexibility index (Phi) is 6.95. The van der Waals surface area contributed by atoms with Gasteiger partial charge in [0.05, 0.1) is 6.04 Å². The molecule has 0 radical (unpaired) electrons. The minimum Gasteiger partial charge on any atom is -0.339 e. The first-order valence-electron chi connectivity index (χ1n) is 9.51. The van der Waals surface area contributed by atoms with E-state index in [1.54, 1.807) is 23.5 Å². The van der Waals surface area contributed by atoms with E-state index in [4.69, 9.17) is 0 Å². The van der Waals surface area contributed by atoms with Crippen molar-refractivity contribution in [2.75, 3.05) is 6.54 Å². The van der Waals surface area contributed by atoms with E-state index in [2.05, 4.69) is 36.6 Å². The second-order valence-corrected chi connectivity index (χ2v) is 8.17. The highest BCUT2D eigenvalue weighted by Crippen LogP contribution is 2.26. The lowest BCUT2D eigenvalue weighted by Crippen LogP contribution is -2.88. The SMILES string of the molecule is CC(C)[C@@H]([NH2+]CC(=O)N[C@@H](c1ccc(F)cc1)c1cccs1)c1ccccc1. The van der Waals surface area contributed by atoms with Crippen LogP contribution in [0.5, 0.6) is 0 Å². The molecule has 0 bridgehead atoms. The van der Waals surface area contributed by atoms with Crippen LogP contribution in [0.4, 0.5) is 4.39 Å². The fraction of sp³-hybridized carbons (Fsp3) is 0.261. The van der Waals surface area contributed by atoms with Gasteiger partial charge in [0.2, 0.25) is 0 Å². The van der Waals surface area contributed by atoms with Gasteiger partial charge < -0.3 is 10.6 Å². The van der Waals surface area contributed by atoms with E-state index in [9.17, 15) is 9.18 Å². The Morgan fingerprint density at radius 2 is 1.71 bits per heavy atom. The number of hydrogen-bond donors (Lipinski definition) is 2. The van der Waals surface area contributed by atoms with Crippen LogP contribution in [0.3, 0.4) is 0 Å². The fourth-order valence-electron chi connectivity index (χ4n) is 3.35. The molecule has 1 amide bonds. The van der Waals surface area contributed by atoms with Crippen LogP contribution in [0.1, 0.15) is 41.9 Å². The Morgan fingerprint density at radius 1 is 1.00 bits per heavy atom. The summed E-state index contributed by atoms with van der Waals surface area (Å²) in [6.45, 7) is 4.67. The van der Waals surface area contributed by atoms with Crippen molar-refractivity contribution in [1.29, 1.82) is 0 Å². The Labute approximate surface area is 169 Å². The minimum atomic E-state index is -0.282. The van der Waals surface area contributed by atoms with Crippen molar-refractivity contribution in [2.24, 2.45) is 5.92 Å². The number of thiophene rings is 1. The molecular formula is C23H26FN2OS+. The molecule has 3 rings (SSSR count). The van der Waals surface area contributed by atoms with Crippen molar-refractivity contribution < 1.29 is 14.5 Å². The third-order valence-electron chi connectivity index (χ3n) is 4.80. The van der Waals surface area contributed by atoms with E-state index >= 15 is 0 Å². The number of hydrogen-bond acceptors (Lipinski definition) is 2. The number of halogens is 1. The zero-order valence-electron chi connectivity index (χ0n) is 16.1. The van der Waals surface area contributed by atoms with Gasteiger partial charge in [0, 0.05) is 16.4 Å². The third kappa shape index (κ3) is 5.27. The molecule has 146 valence electrons. The average molecular weight is 398 g/mol. The maximum Gasteiger partial charge on any atom is 0.275 e. The van der Waals surface area contributed by atoms with Gasteiger partial charge in [-0.05, 0) is 29.1 Å². The van der Waals surface area contributed by atoms with E-state index in [1.165, 1.54) is 17.7 Å². The highest BCUT2D eigenvalue weighted by atomic mass is 32.1. The number of nitrogens with two attached hydrogens (primary N) is 1. The smallest absolute Gasteiger partial charge is 0.275 e. The summed E-state index contributed by atoms with van der Waals surface area (Å²) in [5.41, 5.74) is 2.10. The number of nitrogens with one attached hydrogen (secondary N) is 1. The zero-order chi connectivity index (χ0) is 19.9. The van der Waals surface area contributed by atoms with Gasteiger partial charge in [0.15, 0.2) is 6.54 Å². The molecule has 0 aliphatic carbocycles. The van der Waals surface area contributed by atoms with Crippen LogP contribution in [0.25, 0.3) is 0 Å². The van der Waals surface area contributed by atoms with Crippen molar-refractivity contribution in [2.45, 2.75) is 25.9 Å². The van der Waals surface area contributed by atoms with Crippen molar-refractivity contribution in [3.8, 4) is 0 Å². The van der Waals surface area contributed by atoms with Gasteiger partial charge in [-0.2, -0.15) is 0 Å². The Hall–Kier alpha value is -2.50. The van der Waals surface area contributed by atoms with Crippen LogP contribution in [0.2, 0.25) is 0 Å². The topological polar surface area (TPSA) is 45.7 Å². The molecule has 5 heteroatoms. The van der Waals surface area contributed by atoms with E-state index in [-0.39, 0.29) is 23.8 Å². The second kappa shape index (κ2) is 9.62. The van der Waals surface area contributed by atoms with Gasteiger partial charge >= 0.3 is 0 Å². The minimum absolute atomic E-state index is 0.0377. The molecule has 0 aliphatic rings. The molecule has 1 heterocycles. The maximum absolute atomic E-state index is 13.3. The molecule has 3 nitrogen and oxygen atoms in total. The molecule has 28 heavy (non-hydrogen) atoms. The van der Waals surface area contributed by atoms with Crippen LogP contribution in [0.15, 0.2) is 72.1 Å². The maximum atomic E-state index is 13.3. The quantitative estimate of drug-likeness (QED) is 0.592. The molecule has 2 atom stereocenters. The number of carbonyl (C=O) groups is 1. The molecular weight excluding hydrogens is 371 g/mol. The van der Waals surface area contributed by atoms with Crippen molar-refractivity contribution >= 4 is 17.2 Å². The fourth-order valence-corrected chi connectivity index (χ4v) is 4.15. The van der Waals surface area contributed by atoms with E-state index in [1.807, 2.05) is 35.7 Å². The molecule has 3 aromatic rings. The number of benzene rings is 2. The molecule has 0 unspecified atom stereocenters. The predicted molar refractivity (Wildman–Crippen MR) is 112 cm³/mol. The third-order valence-corrected chi connectivity index (χ3v) is 5.73. The van der Waals surface area contributed by atoms with Gasteiger partial charge in [-0.15, -0.1) is 11.3 Å². The van der Waals surface area contributed by atoms with Crippen molar-refractivity contribution in [3.05, 3.63) is 93.9 Å². The number of amides is 1. The molecule has 3 N–H and O–H groups in total. The van der Waals surface area contributed by atoms with Gasteiger partial charge in [-0.3, -0.25) is 4.79 Å². The van der Waals surface area contributed by atoms with E-state index < -0.39 is 0 Å². The van der Waals surface area contributed by atoms with Crippen LogP contribution in [-0.2, 0) is 4.79 Å². The first-order chi connectivity index (χ1) is 13.5. The van der Waals surface area contributed by atoms with Gasteiger partial charge in [0.1, 0.15) is 11.9 Å². The number of rotatable bonds is 8. The lowest BCUT2D eigenvalue weighted by Gasteiger charge is -2.21. The van der Waals surface area contributed by atoms with E-state index in [0.29, 0.717) is 12.5 Å². The van der Waals surface area contributed by atoms with Crippen molar-refractivity contribution in [1.82, 2.24) is 5.32 Å². The van der Waals surface area contributed by atoms with Crippen molar-refractivity contribution in [3.63, 3.8) is 0 Å². The zero-order valence-corrected chi connectivity index (χ0v) is 17.0. The summed E-state index contributed by atoms with van der Waals surface area (Å²) in [5.74, 6) is 0.0840. The summed E-state index contributed by atoms with van der Waals surface area (Å²) >= 11 is 1.58. The molecule has 2 aromatic carbocycles. The number of quaternary nitrogens is 1. The normalized spacial score (nSPS) is 13.3. The first-order valence-corrected chi connectivity index (χ1v) is 10.4. The first kappa shape index (κ1) is 20.2. The molecule has 0 saturated heterocycles. The van der Waals surface area contributed by atoms with Gasteiger partial charge in [-0.1, -0.05) is 62.4 Å². The Balaban J connectivity index is 1.69. The summed E-state index contributed by atoms with van der Waals surface area (Å²) in [4.78, 5) is 13.8. The highest BCUT2D eigenvalue weighted by molar-refractivity contribution is 7.10.